The van der Waals surface area contributed by atoms with E-state index in [-0.39, 0.29) is 11.4 Å². The van der Waals surface area contributed by atoms with Gasteiger partial charge in [0.1, 0.15) is 11.6 Å². The number of aromatic amines is 1. The lowest BCUT2D eigenvalue weighted by Gasteiger charge is -2.23. The van der Waals surface area contributed by atoms with Crippen molar-refractivity contribution in [2.75, 3.05) is 7.11 Å². The van der Waals surface area contributed by atoms with Crippen molar-refractivity contribution < 1.29 is 9.13 Å². The van der Waals surface area contributed by atoms with Gasteiger partial charge in [-0.2, -0.15) is 0 Å². The lowest BCUT2D eigenvalue weighted by molar-refractivity contribution is 0.232. The van der Waals surface area contributed by atoms with E-state index in [4.69, 9.17) is 4.74 Å². The average Bonchev–Trinajstić information content (AvgIpc) is 3.33. The van der Waals surface area contributed by atoms with Crippen molar-refractivity contribution in [2.45, 2.75) is 33.1 Å². The maximum atomic E-state index is 13.4. The Morgan fingerprint density at radius 3 is 2.57 bits per heavy atom. The lowest BCUT2D eigenvalue weighted by atomic mass is 10.1. The second kappa shape index (κ2) is 10.7. The molecule has 2 aromatic heterocycles. The van der Waals surface area contributed by atoms with E-state index in [0.29, 0.717) is 37.6 Å². The Morgan fingerprint density at radius 2 is 1.76 bits per heavy atom. The van der Waals surface area contributed by atoms with E-state index in [0.717, 1.165) is 33.3 Å². The van der Waals surface area contributed by atoms with E-state index in [2.05, 4.69) is 25.4 Å². The van der Waals surface area contributed by atoms with Gasteiger partial charge in [-0.3, -0.25) is 9.69 Å². The second-order valence-electron chi connectivity index (χ2n) is 9.00. The summed E-state index contributed by atoms with van der Waals surface area (Å²) in [7, 11) is 1.64. The number of ether oxygens (including phenoxy) is 1. The number of hydrogen-bond donors (Lipinski definition) is 1. The molecule has 2 heterocycles. The number of rotatable bonds is 9. The molecule has 9 heteroatoms. The van der Waals surface area contributed by atoms with Crippen LogP contribution in [0.1, 0.15) is 28.1 Å². The van der Waals surface area contributed by atoms with Gasteiger partial charge in [-0.15, -0.1) is 5.10 Å². The zero-order valence-electron chi connectivity index (χ0n) is 20.7. The fourth-order valence-corrected chi connectivity index (χ4v) is 4.45. The number of nitrogens with zero attached hydrogens (tertiary/aromatic N) is 5. The van der Waals surface area contributed by atoms with Crippen molar-refractivity contribution in [3.05, 3.63) is 117 Å². The first-order valence-electron chi connectivity index (χ1n) is 12.0. The van der Waals surface area contributed by atoms with E-state index in [1.165, 1.54) is 12.1 Å². The van der Waals surface area contributed by atoms with Crippen molar-refractivity contribution in [3.8, 4) is 5.75 Å². The first kappa shape index (κ1) is 24.3. The Kier molecular flexibility index (Phi) is 7.04. The van der Waals surface area contributed by atoms with Crippen LogP contribution in [0.5, 0.6) is 5.75 Å². The van der Waals surface area contributed by atoms with E-state index in [1.807, 2.05) is 55.5 Å². The highest BCUT2D eigenvalue weighted by Crippen LogP contribution is 2.22. The summed E-state index contributed by atoms with van der Waals surface area (Å²) in [5.41, 5.74) is 4.24. The standard InChI is InChI=1S/C28H27FN6O2/c1-19-6-5-8-21-14-23(28(36)30-27(19)21)17-34(16-22-7-3-4-9-25(22)37-2)18-26-31-32-33-35(26)15-20-10-12-24(29)13-11-20/h3-14H,15-18H2,1-2H3,(H,30,36). The minimum Gasteiger partial charge on any atom is -0.496 e. The van der Waals surface area contributed by atoms with Crippen LogP contribution in [0.3, 0.4) is 0 Å². The second-order valence-corrected chi connectivity index (χ2v) is 9.00. The predicted octanol–water partition coefficient (Wildman–Crippen LogP) is 4.22. The summed E-state index contributed by atoms with van der Waals surface area (Å²) in [4.78, 5) is 18.2. The van der Waals surface area contributed by atoms with E-state index >= 15 is 0 Å². The highest BCUT2D eigenvalue weighted by Gasteiger charge is 2.18. The molecule has 0 bridgehead atoms. The molecule has 0 radical (unpaired) electrons. The SMILES string of the molecule is COc1ccccc1CN(Cc1cc2cccc(C)c2[nH]c1=O)Cc1nnnn1Cc1ccc(F)cc1. The van der Waals surface area contributed by atoms with Gasteiger partial charge in [0, 0.05) is 24.2 Å². The van der Waals surface area contributed by atoms with Gasteiger partial charge < -0.3 is 9.72 Å². The van der Waals surface area contributed by atoms with E-state index in [1.54, 1.807) is 23.9 Å². The highest BCUT2D eigenvalue weighted by molar-refractivity contribution is 5.81. The van der Waals surface area contributed by atoms with Gasteiger partial charge in [-0.05, 0) is 58.1 Å². The molecular formula is C28H27FN6O2. The highest BCUT2D eigenvalue weighted by atomic mass is 19.1. The number of aromatic nitrogens is 5. The van der Waals surface area contributed by atoms with Crippen molar-refractivity contribution in [3.63, 3.8) is 0 Å². The predicted molar refractivity (Wildman–Crippen MR) is 139 cm³/mol. The zero-order chi connectivity index (χ0) is 25.8. The number of H-pyrrole nitrogens is 1. The molecule has 0 aliphatic rings. The Bertz CT molecular complexity index is 1580. The number of nitrogens with one attached hydrogen (secondary N) is 1. The topological polar surface area (TPSA) is 88.9 Å². The summed E-state index contributed by atoms with van der Waals surface area (Å²) < 4.78 is 20.6. The van der Waals surface area contributed by atoms with Gasteiger partial charge in [0.15, 0.2) is 5.82 Å². The number of benzene rings is 3. The minimum atomic E-state index is -0.292. The van der Waals surface area contributed by atoms with Gasteiger partial charge in [0.25, 0.3) is 5.56 Å². The first-order chi connectivity index (χ1) is 18.0. The molecule has 8 nitrogen and oxygen atoms in total. The fraction of sp³-hybridized carbons (Fsp3) is 0.214. The molecule has 3 aromatic carbocycles. The fourth-order valence-electron chi connectivity index (χ4n) is 4.45. The smallest absolute Gasteiger partial charge is 0.252 e. The minimum absolute atomic E-state index is 0.127. The number of pyridine rings is 1. The molecule has 0 saturated carbocycles. The van der Waals surface area contributed by atoms with Crippen LogP contribution >= 0.6 is 0 Å². The van der Waals surface area contributed by atoms with Gasteiger partial charge in [0.05, 0.1) is 25.7 Å². The monoisotopic (exact) mass is 498 g/mol. The summed E-state index contributed by atoms with van der Waals surface area (Å²) >= 11 is 0. The normalized spacial score (nSPS) is 11.4. The number of aryl methyl sites for hydroxylation is 1. The average molecular weight is 499 g/mol. The molecule has 0 aliphatic heterocycles. The Morgan fingerprint density at radius 1 is 0.973 bits per heavy atom. The largest absolute Gasteiger partial charge is 0.496 e. The summed E-state index contributed by atoms with van der Waals surface area (Å²) in [6, 6.07) is 22.0. The molecule has 5 rings (SSSR count). The Labute approximate surface area is 213 Å². The summed E-state index contributed by atoms with van der Waals surface area (Å²) in [6.45, 7) is 3.66. The molecule has 5 aromatic rings. The molecule has 188 valence electrons. The van der Waals surface area contributed by atoms with Gasteiger partial charge >= 0.3 is 0 Å². The van der Waals surface area contributed by atoms with Crippen molar-refractivity contribution in [1.82, 2.24) is 30.1 Å². The maximum absolute atomic E-state index is 13.4. The van der Waals surface area contributed by atoms with E-state index < -0.39 is 0 Å². The molecule has 1 N–H and O–H groups in total. The molecule has 37 heavy (non-hydrogen) atoms. The zero-order valence-corrected chi connectivity index (χ0v) is 20.7. The number of tetrazole rings is 1. The molecule has 0 fully saturated rings. The van der Waals surface area contributed by atoms with Crippen LogP contribution in [0, 0.1) is 12.7 Å². The third kappa shape index (κ3) is 5.57. The first-order valence-corrected chi connectivity index (χ1v) is 12.0. The van der Waals surface area contributed by atoms with Gasteiger partial charge in [-0.1, -0.05) is 48.5 Å². The maximum Gasteiger partial charge on any atom is 0.252 e. The number of methoxy groups -OCH3 is 1. The molecule has 0 spiro atoms. The van der Waals surface area contributed by atoms with Gasteiger partial charge in [-0.25, -0.2) is 9.07 Å². The Hall–Kier alpha value is -4.37. The third-order valence-corrected chi connectivity index (χ3v) is 6.36. The van der Waals surface area contributed by atoms with Crippen LogP contribution in [-0.4, -0.2) is 37.2 Å². The van der Waals surface area contributed by atoms with Crippen molar-refractivity contribution in [2.24, 2.45) is 0 Å². The number of halogens is 1. The van der Waals surface area contributed by atoms with Crippen LogP contribution in [0.4, 0.5) is 4.39 Å². The molecular weight excluding hydrogens is 471 g/mol. The quantitative estimate of drug-likeness (QED) is 0.327. The lowest BCUT2D eigenvalue weighted by Crippen LogP contribution is -2.28. The van der Waals surface area contributed by atoms with Crippen LogP contribution in [0.2, 0.25) is 0 Å². The molecule has 0 atom stereocenters. The molecule has 0 unspecified atom stereocenters. The van der Waals surface area contributed by atoms with Crippen molar-refractivity contribution in [1.29, 1.82) is 0 Å². The van der Waals surface area contributed by atoms with Crippen LogP contribution < -0.4 is 10.3 Å². The summed E-state index contributed by atoms with van der Waals surface area (Å²) in [5, 5.41) is 13.2. The molecule has 0 aliphatic carbocycles. The van der Waals surface area contributed by atoms with Crippen LogP contribution in [0.15, 0.2) is 77.6 Å². The van der Waals surface area contributed by atoms with Crippen molar-refractivity contribution >= 4 is 10.9 Å². The molecule has 0 saturated heterocycles. The van der Waals surface area contributed by atoms with Crippen LogP contribution in [-0.2, 0) is 26.2 Å². The summed E-state index contributed by atoms with van der Waals surface area (Å²) in [6.07, 6.45) is 0. The number of para-hydroxylation sites is 2. The Balaban J connectivity index is 1.46. The third-order valence-electron chi connectivity index (χ3n) is 6.36. The molecule has 0 amide bonds. The van der Waals surface area contributed by atoms with Crippen LogP contribution in [0.25, 0.3) is 10.9 Å². The van der Waals surface area contributed by atoms with Gasteiger partial charge in [0.2, 0.25) is 0 Å². The number of hydrogen-bond acceptors (Lipinski definition) is 6. The summed E-state index contributed by atoms with van der Waals surface area (Å²) in [5.74, 6) is 1.10. The van der Waals surface area contributed by atoms with E-state index in [9.17, 15) is 9.18 Å². The number of fused-ring (bicyclic) bond motifs is 1.